The van der Waals surface area contributed by atoms with Crippen molar-refractivity contribution in [2.75, 3.05) is 26.3 Å². The minimum absolute atomic E-state index is 0.0431. The number of hydrogen-bond acceptors (Lipinski definition) is 4. The van der Waals surface area contributed by atoms with Crippen LogP contribution in [0.5, 0.6) is 0 Å². The molecule has 1 aliphatic heterocycles. The predicted octanol–water partition coefficient (Wildman–Crippen LogP) is 0.226. The van der Waals surface area contributed by atoms with Gasteiger partial charge in [-0.1, -0.05) is 12.1 Å². The van der Waals surface area contributed by atoms with Crippen LogP contribution in [-0.4, -0.2) is 48.9 Å². The molecule has 1 heterocycles. The lowest BCUT2D eigenvalue weighted by Crippen LogP contribution is -2.43. The third-order valence-electron chi connectivity index (χ3n) is 3.36. The number of amides is 3. The van der Waals surface area contributed by atoms with Gasteiger partial charge in [0.1, 0.15) is 5.82 Å². The Morgan fingerprint density at radius 3 is 2.48 bits per heavy atom. The summed E-state index contributed by atoms with van der Waals surface area (Å²) in [6.07, 6.45) is -0.0187. The lowest BCUT2D eigenvalue weighted by atomic mass is 10.2. The number of hydrogen-bond donors (Lipinski definition) is 2. The average Bonchev–Trinajstić information content (AvgIpc) is 2.58. The van der Waals surface area contributed by atoms with Crippen LogP contribution in [0.3, 0.4) is 0 Å². The summed E-state index contributed by atoms with van der Waals surface area (Å²) in [4.78, 5) is 36.8. The molecule has 3 amide bonds. The van der Waals surface area contributed by atoms with Gasteiger partial charge < -0.3 is 9.64 Å². The van der Waals surface area contributed by atoms with Crippen molar-refractivity contribution >= 4 is 17.7 Å². The standard InChI is InChI=1S/C15H18FN3O4/c16-12-4-2-1-3-11(12)15(22)18-17-13(20)5-6-14(21)19-7-9-23-10-8-19/h1-4H,5-10H2,(H,17,20)(H,18,22). The minimum atomic E-state index is -0.754. The molecule has 0 atom stereocenters. The normalized spacial score (nSPS) is 14.2. The van der Waals surface area contributed by atoms with Gasteiger partial charge in [-0.15, -0.1) is 0 Å². The maximum absolute atomic E-state index is 13.4. The highest BCUT2D eigenvalue weighted by Crippen LogP contribution is 2.05. The quantitative estimate of drug-likeness (QED) is 0.776. The summed E-state index contributed by atoms with van der Waals surface area (Å²) in [5.41, 5.74) is 4.12. The number of hydrazine groups is 1. The monoisotopic (exact) mass is 323 g/mol. The Kier molecular flexibility index (Phi) is 6.04. The number of ether oxygens (including phenoxy) is 1. The third kappa shape index (κ3) is 5.03. The number of rotatable bonds is 4. The van der Waals surface area contributed by atoms with Crippen molar-refractivity contribution in [3.05, 3.63) is 35.6 Å². The van der Waals surface area contributed by atoms with Crippen LogP contribution in [0.4, 0.5) is 4.39 Å². The molecule has 7 nitrogen and oxygen atoms in total. The molecule has 8 heteroatoms. The van der Waals surface area contributed by atoms with Crippen molar-refractivity contribution in [3.8, 4) is 0 Å². The number of morpholine rings is 1. The van der Waals surface area contributed by atoms with Crippen LogP contribution in [0.1, 0.15) is 23.2 Å². The molecular formula is C15H18FN3O4. The summed E-state index contributed by atoms with van der Waals surface area (Å²) < 4.78 is 18.5. The van der Waals surface area contributed by atoms with Gasteiger partial charge in [-0.25, -0.2) is 4.39 Å². The highest BCUT2D eigenvalue weighted by Gasteiger charge is 2.18. The van der Waals surface area contributed by atoms with E-state index >= 15 is 0 Å². The van der Waals surface area contributed by atoms with E-state index in [-0.39, 0.29) is 24.3 Å². The van der Waals surface area contributed by atoms with Crippen molar-refractivity contribution in [1.82, 2.24) is 15.8 Å². The second-order valence-corrected chi connectivity index (χ2v) is 4.98. The van der Waals surface area contributed by atoms with Gasteiger partial charge in [-0.3, -0.25) is 25.2 Å². The third-order valence-corrected chi connectivity index (χ3v) is 3.36. The van der Waals surface area contributed by atoms with E-state index in [0.717, 1.165) is 6.07 Å². The molecule has 0 aromatic heterocycles. The molecule has 1 saturated heterocycles. The van der Waals surface area contributed by atoms with Crippen molar-refractivity contribution in [2.45, 2.75) is 12.8 Å². The fraction of sp³-hybridized carbons (Fsp3) is 0.400. The van der Waals surface area contributed by atoms with Gasteiger partial charge in [0.25, 0.3) is 5.91 Å². The maximum Gasteiger partial charge on any atom is 0.272 e. The molecule has 1 aromatic carbocycles. The molecular weight excluding hydrogens is 305 g/mol. The van der Waals surface area contributed by atoms with Gasteiger partial charge in [-0.05, 0) is 12.1 Å². The second-order valence-electron chi connectivity index (χ2n) is 4.98. The van der Waals surface area contributed by atoms with Crippen LogP contribution in [0.2, 0.25) is 0 Å². The summed E-state index contributed by atoms with van der Waals surface area (Å²) in [6.45, 7) is 2.03. The van der Waals surface area contributed by atoms with Gasteiger partial charge >= 0.3 is 0 Å². The molecule has 1 fully saturated rings. The van der Waals surface area contributed by atoms with Crippen LogP contribution >= 0.6 is 0 Å². The Morgan fingerprint density at radius 2 is 1.78 bits per heavy atom. The highest BCUT2D eigenvalue weighted by molar-refractivity contribution is 5.95. The SMILES string of the molecule is O=C(CCC(=O)N1CCOCC1)NNC(=O)c1ccccc1F. The van der Waals surface area contributed by atoms with Gasteiger partial charge in [-0.2, -0.15) is 0 Å². The van der Waals surface area contributed by atoms with E-state index in [0.29, 0.717) is 26.3 Å². The number of carbonyl (C=O) groups excluding carboxylic acids is 3. The molecule has 124 valence electrons. The number of benzene rings is 1. The van der Waals surface area contributed by atoms with E-state index in [1.165, 1.54) is 18.2 Å². The summed E-state index contributed by atoms with van der Waals surface area (Å²) in [5, 5.41) is 0. The fourth-order valence-electron chi connectivity index (χ4n) is 2.09. The lowest BCUT2D eigenvalue weighted by Gasteiger charge is -2.26. The number of carbonyl (C=O) groups is 3. The molecule has 0 saturated carbocycles. The zero-order chi connectivity index (χ0) is 16.7. The van der Waals surface area contributed by atoms with Crippen LogP contribution in [0.15, 0.2) is 24.3 Å². The molecule has 0 unspecified atom stereocenters. The first-order chi connectivity index (χ1) is 11.1. The Morgan fingerprint density at radius 1 is 1.09 bits per heavy atom. The molecule has 23 heavy (non-hydrogen) atoms. The smallest absolute Gasteiger partial charge is 0.272 e. The van der Waals surface area contributed by atoms with Crippen LogP contribution < -0.4 is 10.9 Å². The first kappa shape index (κ1) is 16.9. The van der Waals surface area contributed by atoms with Gasteiger partial charge in [0.05, 0.1) is 18.8 Å². The van der Waals surface area contributed by atoms with Crippen LogP contribution in [0, 0.1) is 5.82 Å². The van der Waals surface area contributed by atoms with Crippen LogP contribution in [0.25, 0.3) is 0 Å². The Hall–Kier alpha value is -2.48. The second kappa shape index (κ2) is 8.23. The summed E-state index contributed by atoms with van der Waals surface area (Å²) in [5.74, 6) is -2.09. The molecule has 0 bridgehead atoms. The van der Waals surface area contributed by atoms with Crippen molar-refractivity contribution in [1.29, 1.82) is 0 Å². The van der Waals surface area contributed by atoms with Gasteiger partial charge in [0.2, 0.25) is 11.8 Å². The van der Waals surface area contributed by atoms with Crippen LogP contribution in [-0.2, 0) is 14.3 Å². The lowest BCUT2D eigenvalue weighted by molar-refractivity contribution is -0.137. The van der Waals surface area contributed by atoms with E-state index in [4.69, 9.17) is 4.74 Å². The average molecular weight is 323 g/mol. The van der Waals surface area contributed by atoms with Gasteiger partial charge in [0.15, 0.2) is 0 Å². The topological polar surface area (TPSA) is 87.7 Å². The minimum Gasteiger partial charge on any atom is -0.378 e. The first-order valence-electron chi connectivity index (χ1n) is 7.27. The zero-order valence-electron chi connectivity index (χ0n) is 12.5. The maximum atomic E-state index is 13.4. The number of nitrogens with one attached hydrogen (secondary N) is 2. The molecule has 2 rings (SSSR count). The van der Waals surface area contributed by atoms with Crippen molar-refractivity contribution in [3.63, 3.8) is 0 Å². The first-order valence-corrected chi connectivity index (χ1v) is 7.27. The van der Waals surface area contributed by atoms with E-state index in [1.54, 1.807) is 4.90 Å². The molecule has 0 spiro atoms. The fourth-order valence-corrected chi connectivity index (χ4v) is 2.09. The van der Waals surface area contributed by atoms with Crippen molar-refractivity contribution in [2.24, 2.45) is 0 Å². The molecule has 1 aliphatic rings. The zero-order valence-corrected chi connectivity index (χ0v) is 12.5. The molecule has 2 N–H and O–H groups in total. The predicted molar refractivity (Wildman–Crippen MR) is 78.6 cm³/mol. The highest BCUT2D eigenvalue weighted by atomic mass is 19.1. The van der Waals surface area contributed by atoms with E-state index in [9.17, 15) is 18.8 Å². The molecule has 0 aliphatic carbocycles. The van der Waals surface area contributed by atoms with E-state index in [1.807, 2.05) is 0 Å². The number of nitrogens with zero attached hydrogens (tertiary/aromatic N) is 1. The number of halogens is 1. The van der Waals surface area contributed by atoms with Gasteiger partial charge in [0, 0.05) is 25.9 Å². The Bertz CT molecular complexity index is 588. The summed E-state index contributed by atoms with van der Waals surface area (Å²) in [6, 6.07) is 5.43. The molecule has 0 radical (unpaired) electrons. The summed E-state index contributed by atoms with van der Waals surface area (Å²) in [7, 11) is 0. The summed E-state index contributed by atoms with van der Waals surface area (Å²) >= 11 is 0. The Balaban J connectivity index is 1.71. The Labute approximate surface area is 132 Å². The largest absolute Gasteiger partial charge is 0.378 e. The van der Waals surface area contributed by atoms with E-state index in [2.05, 4.69) is 10.9 Å². The molecule has 1 aromatic rings. The van der Waals surface area contributed by atoms with E-state index < -0.39 is 17.6 Å². The van der Waals surface area contributed by atoms with Crippen molar-refractivity contribution < 1.29 is 23.5 Å².